The molecule has 0 unspecified atom stereocenters. The lowest BCUT2D eigenvalue weighted by Gasteiger charge is -2.29. The molecule has 0 spiro atoms. The van der Waals surface area contributed by atoms with Crippen LogP contribution in [0, 0.1) is 0 Å². The van der Waals surface area contributed by atoms with Crippen molar-refractivity contribution in [1.29, 1.82) is 0 Å². The maximum absolute atomic E-state index is 12.3. The minimum Gasteiger partial charge on any atom is -0.394 e. The first-order chi connectivity index (χ1) is 18.1. The highest BCUT2D eigenvalue weighted by atomic mass is 32.1. The number of hydrogen-bond donors (Lipinski definition) is 2. The van der Waals surface area contributed by atoms with Gasteiger partial charge in [0.25, 0.3) is 5.91 Å². The Balaban J connectivity index is 1.28. The van der Waals surface area contributed by atoms with E-state index in [4.69, 9.17) is 19.9 Å². The predicted octanol–water partition coefficient (Wildman–Crippen LogP) is 4.65. The van der Waals surface area contributed by atoms with Gasteiger partial charge in [-0.15, -0.1) is 11.3 Å². The normalized spacial score (nSPS) is 14.3. The average molecular weight is 524 g/mol. The molecule has 1 fully saturated rings. The summed E-state index contributed by atoms with van der Waals surface area (Å²) < 4.78 is 15.7. The van der Waals surface area contributed by atoms with Gasteiger partial charge in [-0.05, 0) is 72.0 Å². The van der Waals surface area contributed by atoms with Crippen molar-refractivity contribution in [2.24, 2.45) is 5.73 Å². The van der Waals surface area contributed by atoms with E-state index in [1.54, 1.807) is 24.5 Å². The highest BCUT2D eigenvalue weighted by molar-refractivity contribution is 7.16. The molecule has 7 nitrogen and oxygen atoms in total. The molecule has 1 aliphatic heterocycles. The molecule has 1 aromatic heterocycles. The molecule has 0 atom stereocenters. The van der Waals surface area contributed by atoms with E-state index in [2.05, 4.69) is 52.7 Å². The van der Waals surface area contributed by atoms with Crippen LogP contribution in [0.4, 0.5) is 5.69 Å². The number of methoxy groups -OCH3 is 1. The topological polar surface area (TPSA) is 86.0 Å². The van der Waals surface area contributed by atoms with Gasteiger partial charge >= 0.3 is 0 Å². The van der Waals surface area contributed by atoms with Gasteiger partial charge in [-0.1, -0.05) is 18.2 Å². The summed E-state index contributed by atoms with van der Waals surface area (Å²) in [5.74, 6) is -0.301. The van der Waals surface area contributed by atoms with E-state index in [9.17, 15) is 4.79 Å². The molecular weight excluding hydrogens is 486 g/mol. The lowest BCUT2D eigenvalue weighted by molar-refractivity contribution is -0.117. The van der Waals surface area contributed by atoms with Gasteiger partial charge < -0.3 is 30.2 Å². The Morgan fingerprint density at radius 1 is 0.946 bits per heavy atom. The van der Waals surface area contributed by atoms with Crippen molar-refractivity contribution in [1.82, 2.24) is 5.32 Å². The summed E-state index contributed by atoms with van der Waals surface area (Å²) in [5.41, 5.74) is 8.69. The number of carbonyl (C=O) groups excluding carboxylic acids is 1. The minimum atomic E-state index is -0.301. The molecule has 1 saturated heterocycles. The smallest absolute Gasteiger partial charge is 0.267 e. The van der Waals surface area contributed by atoms with Crippen LogP contribution in [0.2, 0.25) is 0 Å². The molecule has 1 amide bonds. The van der Waals surface area contributed by atoms with Gasteiger partial charge in [0.05, 0.1) is 38.7 Å². The summed E-state index contributed by atoms with van der Waals surface area (Å²) in [6, 6.07) is 17.4. The van der Waals surface area contributed by atoms with Gasteiger partial charge in [0, 0.05) is 42.2 Å². The molecule has 2 heterocycles. The monoisotopic (exact) mass is 523 g/mol. The predicted molar refractivity (Wildman–Crippen MR) is 152 cm³/mol. The zero-order valence-corrected chi connectivity index (χ0v) is 22.4. The number of amides is 1. The highest BCUT2D eigenvalue weighted by Crippen LogP contribution is 2.33. The SMILES string of the molecule is COCCOCCOCCNC(=O)/C(N)=C/c1ccc(-c2ccc3cc(N4CCCCC4)ccc3c2)s1. The van der Waals surface area contributed by atoms with Crippen LogP contribution in [0.15, 0.2) is 54.2 Å². The fraction of sp³-hybridized carbons (Fsp3) is 0.414. The zero-order chi connectivity index (χ0) is 25.9. The van der Waals surface area contributed by atoms with Crippen LogP contribution in [0.3, 0.4) is 0 Å². The largest absolute Gasteiger partial charge is 0.394 e. The van der Waals surface area contributed by atoms with Crippen molar-refractivity contribution in [3.63, 3.8) is 0 Å². The van der Waals surface area contributed by atoms with Crippen LogP contribution in [0.1, 0.15) is 24.1 Å². The van der Waals surface area contributed by atoms with Crippen LogP contribution in [0.25, 0.3) is 27.3 Å². The van der Waals surface area contributed by atoms with Crippen LogP contribution in [-0.2, 0) is 19.0 Å². The summed E-state index contributed by atoms with van der Waals surface area (Å²) in [5, 5.41) is 5.27. The second-order valence-electron chi connectivity index (χ2n) is 9.07. The number of benzene rings is 2. The Morgan fingerprint density at radius 2 is 1.68 bits per heavy atom. The number of thiophene rings is 1. The number of hydrogen-bond acceptors (Lipinski definition) is 7. The first-order valence-corrected chi connectivity index (χ1v) is 13.7. The number of carbonyl (C=O) groups is 1. The number of nitrogens with one attached hydrogen (secondary N) is 1. The number of piperidine rings is 1. The zero-order valence-electron chi connectivity index (χ0n) is 21.5. The van der Waals surface area contributed by atoms with Crippen LogP contribution in [0.5, 0.6) is 0 Å². The summed E-state index contributed by atoms with van der Waals surface area (Å²) in [4.78, 5) is 16.9. The Kier molecular flexibility index (Phi) is 10.4. The van der Waals surface area contributed by atoms with Crippen LogP contribution in [-0.4, -0.2) is 65.7 Å². The second kappa shape index (κ2) is 14.1. The van der Waals surface area contributed by atoms with E-state index < -0.39 is 0 Å². The first-order valence-electron chi connectivity index (χ1n) is 12.9. The standard InChI is InChI=1S/C29H37N3O4S/c1-34-15-16-36-18-17-35-14-11-31-29(33)27(30)21-26-9-10-28(37-26)24-6-5-23-20-25(8-7-22(23)19-24)32-12-3-2-4-13-32/h5-10,19-21H,2-4,11-18,30H2,1H3,(H,31,33)/b27-21-. The van der Waals surface area contributed by atoms with Crippen molar-refractivity contribution in [2.45, 2.75) is 19.3 Å². The van der Waals surface area contributed by atoms with Crippen molar-refractivity contribution in [2.75, 3.05) is 64.7 Å². The van der Waals surface area contributed by atoms with E-state index in [0.29, 0.717) is 39.6 Å². The molecule has 0 bridgehead atoms. The summed E-state index contributed by atoms with van der Waals surface area (Å²) >= 11 is 1.62. The maximum Gasteiger partial charge on any atom is 0.267 e. The molecule has 4 rings (SSSR count). The van der Waals surface area contributed by atoms with Crippen LogP contribution < -0.4 is 16.0 Å². The fourth-order valence-electron chi connectivity index (χ4n) is 4.34. The number of anilines is 1. The molecule has 1 aliphatic rings. The molecule has 198 valence electrons. The van der Waals surface area contributed by atoms with Gasteiger partial charge in [-0.2, -0.15) is 0 Å². The molecule has 3 aromatic rings. The van der Waals surface area contributed by atoms with Crippen molar-refractivity contribution in [3.05, 3.63) is 59.1 Å². The summed E-state index contributed by atoms with van der Waals surface area (Å²) in [6.45, 7) is 5.16. The van der Waals surface area contributed by atoms with Gasteiger partial charge in [0.2, 0.25) is 0 Å². The third kappa shape index (κ3) is 8.04. The Morgan fingerprint density at radius 3 is 2.49 bits per heavy atom. The van der Waals surface area contributed by atoms with E-state index in [1.165, 1.54) is 35.7 Å². The van der Waals surface area contributed by atoms with Crippen molar-refractivity contribution >= 4 is 39.8 Å². The first kappa shape index (κ1) is 27.1. The van der Waals surface area contributed by atoms with E-state index >= 15 is 0 Å². The summed E-state index contributed by atoms with van der Waals surface area (Å²) in [7, 11) is 1.63. The number of rotatable bonds is 13. The molecular formula is C29H37N3O4S. The third-order valence-electron chi connectivity index (χ3n) is 6.35. The Hall–Kier alpha value is -2.91. The summed E-state index contributed by atoms with van der Waals surface area (Å²) in [6.07, 6.45) is 5.61. The Labute approximate surface area is 223 Å². The number of nitrogens with two attached hydrogens (primary N) is 1. The molecule has 3 N–H and O–H groups in total. The molecule has 0 radical (unpaired) electrons. The van der Waals surface area contributed by atoms with Gasteiger partial charge in [0.1, 0.15) is 0 Å². The molecule has 2 aromatic carbocycles. The lowest BCUT2D eigenvalue weighted by atomic mass is 10.0. The number of nitrogens with zero attached hydrogens (tertiary/aromatic N) is 1. The van der Waals surface area contributed by atoms with Gasteiger partial charge in [-0.3, -0.25) is 4.79 Å². The quantitative estimate of drug-likeness (QED) is 0.251. The van der Waals surface area contributed by atoms with Gasteiger partial charge in [-0.25, -0.2) is 0 Å². The minimum absolute atomic E-state index is 0.181. The van der Waals surface area contributed by atoms with Crippen molar-refractivity contribution in [3.8, 4) is 10.4 Å². The van der Waals surface area contributed by atoms with E-state index in [-0.39, 0.29) is 11.6 Å². The third-order valence-corrected chi connectivity index (χ3v) is 7.43. The fourth-order valence-corrected chi connectivity index (χ4v) is 5.30. The Bertz CT molecular complexity index is 1190. The molecule has 37 heavy (non-hydrogen) atoms. The maximum atomic E-state index is 12.3. The molecule has 0 saturated carbocycles. The average Bonchev–Trinajstić information content (AvgIpc) is 3.40. The molecule has 0 aliphatic carbocycles. The van der Waals surface area contributed by atoms with E-state index in [0.717, 1.165) is 28.4 Å². The molecule has 8 heteroatoms. The number of ether oxygens (including phenoxy) is 3. The van der Waals surface area contributed by atoms with E-state index in [1.807, 2.05) is 6.07 Å². The van der Waals surface area contributed by atoms with Gasteiger partial charge in [0.15, 0.2) is 0 Å². The van der Waals surface area contributed by atoms with Crippen LogP contribution >= 0.6 is 11.3 Å². The highest BCUT2D eigenvalue weighted by Gasteiger charge is 2.12. The van der Waals surface area contributed by atoms with Crippen molar-refractivity contribution < 1.29 is 19.0 Å². The lowest BCUT2D eigenvalue weighted by Crippen LogP contribution is -2.31. The second-order valence-corrected chi connectivity index (χ2v) is 10.2. The number of fused-ring (bicyclic) bond motifs is 1.